The smallest absolute Gasteiger partial charge is 0.0253 e. The number of nitrogens with one attached hydrogen (secondary N) is 1. The largest absolute Gasteiger partial charge is 0.310 e. The van der Waals surface area contributed by atoms with E-state index in [1.807, 2.05) is 6.08 Å². The molecule has 0 radical (unpaired) electrons. The standard InChI is InChI=1S/C8H15N/c1-4-7-5-8(2,3)6-9-7/h4,7,9H,1,5-6H2,2-3H3. The molecule has 0 aliphatic carbocycles. The van der Waals surface area contributed by atoms with E-state index in [9.17, 15) is 0 Å². The summed E-state index contributed by atoms with van der Waals surface area (Å²) < 4.78 is 0. The maximum atomic E-state index is 3.75. The van der Waals surface area contributed by atoms with Crippen LogP contribution in [0.5, 0.6) is 0 Å². The monoisotopic (exact) mass is 125 g/mol. The molecule has 1 saturated heterocycles. The zero-order valence-corrected chi connectivity index (χ0v) is 6.28. The van der Waals surface area contributed by atoms with Crippen LogP contribution in [0, 0.1) is 5.41 Å². The fourth-order valence-corrected chi connectivity index (χ4v) is 1.31. The van der Waals surface area contributed by atoms with Gasteiger partial charge in [0.1, 0.15) is 0 Å². The Balaban J connectivity index is 2.47. The topological polar surface area (TPSA) is 12.0 Å². The third-order valence-electron chi connectivity index (χ3n) is 1.90. The second-order valence-electron chi connectivity index (χ2n) is 3.59. The van der Waals surface area contributed by atoms with Crippen LogP contribution in [0.25, 0.3) is 0 Å². The van der Waals surface area contributed by atoms with Gasteiger partial charge in [0.05, 0.1) is 0 Å². The molecule has 0 aromatic heterocycles. The van der Waals surface area contributed by atoms with Gasteiger partial charge < -0.3 is 5.32 Å². The Morgan fingerprint density at radius 1 is 1.67 bits per heavy atom. The van der Waals surface area contributed by atoms with Crippen molar-refractivity contribution in [2.75, 3.05) is 6.54 Å². The first-order valence-electron chi connectivity index (χ1n) is 3.50. The Bertz CT molecular complexity index is 116. The molecule has 0 aromatic carbocycles. The van der Waals surface area contributed by atoms with E-state index in [-0.39, 0.29) is 0 Å². The lowest BCUT2D eigenvalue weighted by Gasteiger charge is -2.13. The molecule has 1 atom stereocenters. The Hall–Kier alpha value is -0.300. The van der Waals surface area contributed by atoms with Gasteiger partial charge in [0.2, 0.25) is 0 Å². The van der Waals surface area contributed by atoms with Crippen LogP contribution in [-0.4, -0.2) is 12.6 Å². The molecule has 1 rings (SSSR count). The third kappa shape index (κ3) is 1.55. The lowest BCUT2D eigenvalue weighted by atomic mass is 9.91. The molecule has 1 heterocycles. The van der Waals surface area contributed by atoms with Gasteiger partial charge in [0, 0.05) is 12.6 Å². The maximum absolute atomic E-state index is 3.75. The molecule has 0 spiro atoms. The van der Waals surface area contributed by atoms with Crippen LogP contribution in [0.3, 0.4) is 0 Å². The Kier molecular flexibility index (Phi) is 1.62. The van der Waals surface area contributed by atoms with Crippen molar-refractivity contribution in [3.63, 3.8) is 0 Å². The van der Waals surface area contributed by atoms with Crippen molar-refractivity contribution in [1.29, 1.82) is 0 Å². The SMILES string of the molecule is C=CC1CC(C)(C)CN1. The zero-order chi connectivity index (χ0) is 6.91. The first-order valence-corrected chi connectivity index (χ1v) is 3.50. The van der Waals surface area contributed by atoms with E-state index in [4.69, 9.17) is 0 Å². The maximum Gasteiger partial charge on any atom is 0.0253 e. The zero-order valence-electron chi connectivity index (χ0n) is 6.28. The molecule has 0 amide bonds. The molecule has 1 nitrogen and oxygen atoms in total. The molecule has 0 saturated carbocycles. The van der Waals surface area contributed by atoms with Gasteiger partial charge in [0.25, 0.3) is 0 Å². The summed E-state index contributed by atoms with van der Waals surface area (Å²) in [6.07, 6.45) is 3.23. The molecule has 0 bridgehead atoms. The highest BCUT2D eigenvalue weighted by Gasteiger charge is 2.28. The van der Waals surface area contributed by atoms with Gasteiger partial charge in [-0.15, -0.1) is 6.58 Å². The van der Waals surface area contributed by atoms with E-state index in [1.165, 1.54) is 6.42 Å². The molecule has 1 aliphatic heterocycles. The van der Waals surface area contributed by atoms with Crippen LogP contribution in [0.2, 0.25) is 0 Å². The summed E-state index contributed by atoms with van der Waals surface area (Å²) in [4.78, 5) is 0. The van der Waals surface area contributed by atoms with Crippen LogP contribution >= 0.6 is 0 Å². The van der Waals surface area contributed by atoms with Crippen LogP contribution in [-0.2, 0) is 0 Å². The quantitative estimate of drug-likeness (QED) is 0.524. The summed E-state index contributed by atoms with van der Waals surface area (Å²) in [5.41, 5.74) is 0.485. The van der Waals surface area contributed by atoms with Crippen LogP contribution in [0.1, 0.15) is 20.3 Å². The third-order valence-corrected chi connectivity index (χ3v) is 1.90. The normalized spacial score (nSPS) is 32.4. The predicted molar refractivity (Wildman–Crippen MR) is 40.4 cm³/mol. The number of hydrogen-bond donors (Lipinski definition) is 1. The van der Waals surface area contributed by atoms with Crippen molar-refractivity contribution in [1.82, 2.24) is 5.32 Å². The van der Waals surface area contributed by atoms with E-state index in [2.05, 4.69) is 25.7 Å². The van der Waals surface area contributed by atoms with Gasteiger partial charge in [-0.3, -0.25) is 0 Å². The first-order chi connectivity index (χ1) is 4.14. The molecule has 1 N–H and O–H groups in total. The van der Waals surface area contributed by atoms with Gasteiger partial charge in [-0.05, 0) is 11.8 Å². The van der Waals surface area contributed by atoms with E-state index in [0.29, 0.717) is 11.5 Å². The fourth-order valence-electron chi connectivity index (χ4n) is 1.31. The molecule has 1 aliphatic rings. The van der Waals surface area contributed by atoms with Gasteiger partial charge in [0.15, 0.2) is 0 Å². The van der Waals surface area contributed by atoms with Gasteiger partial charge in [-0.2, -0.15) is 0 Å². The van der Waals surface area contributed by atoms with Crippen LogP contribution < -0.4 is 5.32 Å². The Morgan fingerprint density at radius 2 is 2.33 bits per heavy atom. The van der Waals surface area contributed by atoms with Crippen LogP contribution in [0.15, 0.2) is 12.7 Å². The van der Waals surface area contributed by atoms with Crippen LogP contribution in [0.4, 0.5) is 0 Å². The van der Waals surface area contributed by atoms with E-state index >= 15 is 0 Å². The minimum atomic E-state index is 0.485. The molecule has 1 heteroatoms. The minimum Gasteiger partial charge on any atom is -0.310 e. The molecule has 1 fully saturated rings. The average Bonchev–Trinajstić information content (AvgIpc) is 2.10. The van der Waals surface area contributed by atoms with Crippen molar-refractivity contribution in [3.05, 3.63) is 12.7 Å². The van der Waals surface area contributed by atoms with Crippen molar-refractivity contribution >= 4 is 0 Å². The van der Waals surface area contributed by atoms with E-state index < -0.39 is 0 Å². The molecule has 0 aromatic rings. The van der Waals surface area contributed by atoms with E-state index in [1.54, 1.807) is 0 Å². The number of hydrogen-bond acceptors (Lipinski definition) is 1. The van der Waals surface area contributed by atoms with Crippen molar-refractivity contribution in [2.45, 2.75) is 26.3 Å². The second-order valence-corrected chi connectivity index (χ2v) is 3.59. The molecule has 9 heavy (non-hydrogen) atoms. The molecular weight excluding hydrogens is 110 g/mol. The van der Waals surface area contributed by atoms with Gasteiger partial charge in [-0.25, -0.2) is 0 Å². The summed E-state index contributed by atoms with van der Waals surface area (Å²) in [5.74, 6) is 0. The summed E-state index contributed by atoms with van der Waals surface area (Å²) in [6, 6.07) is 0.556. The van der Waals surface area contributed by atoms with Crippen molar-refractivity contribution in [3.8, 4) is 0 Å². The Labute approximate surface area is 57.1 Å². The molecular formula is C8H15N. The highest BCUT2D eigenvalue weighted by Crippen LogP contribution is 2.26. The lowest BCUT2D eigenvalue weighted by Crippen LogP contribution is -2.19. The average molecular weight is 125 g/mol. The second kappa shape index (κ2) is 2.14. The molecule has 1 unspecified atom stereocenters. The first kappa shape index (κ1) is 6.81. The Morgan fingerprint density at radius 3 is 2.56 bits per heavy atom. The highest BCUT2D eigenvalue weighted by molar-refractivity contribution is 4.96. The predicted octanol–water partition coefficient (Wildman–Crippen LogP) is 1.56. The summed E-state index contributed by atoms with van der Waals surface area (Å²) in [7, 11) is 0. The van der Waals surface area contributed by atoms with E-state index in [0.717, 1.165) is 6.54 Å². The van der Waals surface area contributed by atoms with Crippen molar-refractivity contribution < 1.29 is 0 Å². The van der Waals surface area contributed by atoms with Gasteiger partial charge >= 0.3 is 0 Å². The summed E-state index contributed by atoms with van der Waals surface area (Å²) >= 11 is 0. The number of rotatable bonds is 1. The highest BCUT2D eigenvalue weighted by atomic mass is 15.0. The minimum absolute atomic E-state index is 0.485. The summed E-state index contributed by atoms with van der Waals surface area (Å²) in [6.45, 7) is 9.44. The molecule has 52 valence electrons. The lowest BCUT2D eigenvalue weighted by molar-refractivity contribution is 0.408. The summed E-state index contributed by atoms with van der Waals surface area (Å²) in [5, 5.41) is 3.38. The van der Waals surface area contributed by atoms with Gasteiger partial charge in [-0.1, -0.05) is 19.9 Å². The fraction of sp³-hybridized carbons (Fsp3) is 0.750. The van der Waals surface area contributed by atoms with Crippen molar-refractivity contribution in [2.24, 2.45) is 5.41 Å².